The Morgan fingerprint density at radius 3 is 2.72 bits per heavy atom. The zero-order valence-corrected chi connectivity index (χ0v) is 18.7. The Kier molecular flexibility index (Phi) is 5.66. The van der Waals surface area contributed by atoms with E-state index in [1.807, 2.05) is 33.7 Å². The maximum atomic E-state index is 13.5. The molecular weight excluding hydrogens is 424 g/mol. The fourth-order valence-corrected chi connectivity index (χ4v) is 5.48. The van der Waals surface area contributed by atoms with Crippen molar-refractivity contribution in [2.75, 3.05) is 29.4 Å². The number of fused-ring (bicyclic) bond motifs is 1. The summed E-state index contributed by atoms with van der Waals surface area (Å²) >= 11 is 1.84. The lowest BCUT2D eigenvalue weighted by Crippen LogP contribution is -2.43. The van der Waals surface area contributed by atoms with Gasteiger partial charge in [-0.3, -0.25) is 4.79 Å². The van der Waals surface area contributed by atoms with E-state index in [1.54, 1.807) is 18.4 Å². The van der Waals surface area contributed by atoms with Crippen LogP contribution in [0.2, 0.25) is 0 Å². The van der Waals surface area contributed by atoms with Crippen molar-refractivity contribution in [2.45, 2.75) is 36.3 Å². The van der Waals surface area contributed by atoms with E-state index in [9.17, 15) is 10.1 Å². The number of oxazole rings is 1. The standard InChI is InChI=1S/C24H24N4O3S/c1-16-8-13-28(19-5-2-3-7-21(19)32-16)23(29)17-9-11-27(12-10-17)24-18(15-25)26-22(31-24)20-6-4-14-30-20/h2-7,14,16-17H,8-13H2,1H3. The molecule has 8 heteroatoms. The third-order valence-corrected chi connectivity index (χ3v) is 7.33. The monoisotopic (exact) mass is 448 g/mol. The van der Waals surface area contributed by atoms with Crippen molar-refractivity contribution in [1.29, 1.82) is 5.26 Å². The lowest BCUT2D eigenvalue weighted by molar-refractivity contribution is -0.123. The predicted octanol–water partition coefficient (Wildman–Crippen LogP) is 4.94. The van der Waals surface area contributed by atoms with Crippen LogP contribution in [0.1, 0.15) is 31.9 Å². The van der Waals surface area contributed by atoms with Crippen LogP contribution >= 0.6 is 11.8 Å². The lowest BCUT2D eigenvalue weighted by Gasteiger charge is -2.34. The Hall–Kier alpha value is -3.18. The number of hydrogen-bond donors (Lipinski definition) is 0. The molecule has 0 saturated carbocycles. The summed E-state index contributed by atoms with van der Waals surface area (Å²) in [5.74, 6) is 1.39. The number of nitrogens with zero attached hydrogens (tertiary/aromatic N) is 4. The topological polar surface area (TPSA) is 86.5 Å². The molecule has 1 amide bonds. The average molecular weight is 449 g/mol. The number of aromatic nitrogens is 1. The number of furan rings is 1. The fourth-order valence-electron chi connectivity index (χ4n) is 4.37. The van der Waals surface area contributed by atoms with Gasteiger partial charge in [-0.25, -0.2) is 0 Å². The van der Waals surface area contributed by atoms with Gasteiger partial charge in [0.05, 0.1) is 12.0 Å². The van der Waals surface area contributed by atoms with E-state index >= 15 is 0 Å². The van der Waals surface area contributed by atoms with Crippen molar-refractivity contribution in [1.82, 2.24) is 4.98 Å². The molecule has 5 rings (SSSR count). The minimum Gasteiger partial charge on any atom is -0.459 e. The molecule has 1 atom stereocenters. The second-order valence-electron chi connectivity index (χ2n) is 8.20. The van der Waals surface area contributed by atoms with Gasteiger partial charge < -0.3 is 18.6 Å². The third kappa shape index (κ3) is 3.89. The second-order valence-corrected chi connectivity index (χ2v) is 9.68. The van der Waals surface area contributed by atoms with Crippen LogP contribution in [0, 0.1) is 17.2 Å². The summed E-state index contributed by atoms with van der Waals surface area (Å²) in [5.41, 5.74) is 1.27. The zero-order chi connectivity index (χ0) is 22.1. The van der Waals surface area contributed by atoms with Crippen LogP contribution in [-0.2, 0) is 4.79 Å². The number of piperidine rings is 1. The molecule has 1 aromatic carbocycles. The van der Waals surface area contributed by atoms with Gasteiger partial charge in [0, 0.05) is 35.7 Å². The zero-order valence-electron chi connectivity index (χ0n) is 17.9. The molecule has 2 aromatic heterocycles. The quantitative estimate of drug-likeness (QED) is 0.561. The number of benzene rings is 1. The predicted molar refractivity (Wildman–Crippen MR) is 123 cm³/mol. The van der Waals surface area contributed by atoms with Crippen molar-refractivity contribution in [3.8, 4) is 17.7 Å². The van der Waals surface area contributed by atoms with E-state index in [2.05, 4.69) is 30.1 Å². The Labute approximate surface area is 191 Å². The molecule has 0 N–H and O–H groups in total. The van der Waals surface area contributed by atoms with E-state index in [1.165, 1.54) is 4.90 Å². The third-order valence-electron chi connectivity index (χ3n) is 6.09. The van der Waals surface area contributed by atoms with Gasteiger partial charge in [0.15, 0.2) is 5.76 Å². The summed E-state index contributed by atoms with van der Waals surface area (Å²) in [6, 6.07) is 13.8. The first kappa shape index (κ1) is 20.7. The molecular formula is C24H24N4O3S. The van der Waals surface area contributed by atoms with E-state index < -0.39 is 0 Å². The SMILES string of the molecule is CC1CCN(C(=O)C2CCN(c3oc(-c4ccco4)nc3C#N)CC2)c2ccccc2S1. The van der Waals surface area contributed by atoms with E-state index in [0.29, 0.717) is 48.7 Å². The summed E-state index contributed by atoms with van der Waals surface area (Å²) in [6.45, 7) is 4.24. The van der Waals surface area contributed by atoms with Crippen LogP contribution in [0.3, 0.4) is 0 Å². The summed E-state index contributed by atoms with van der Waals surface area (Å²) in [4.78, 5) is 22.9. The molecule has 2 aliphatic rings. The Bertz CT molecular complexity index is 1140. The first-order valence-electron chi connectivity index (χ1n) is 10.9. The minimum atomic E-state index is -0.0456. The van der Waals surface area contributed by atoms with E-state index in [4.69, 9.17) is 8.83 Å². The number of carbonyl (C=O) groups is 1. The van der Waals surface area contributed by atoms with E-state index in [0.717, 1.165) is 18.7 Å². The van der Waals surface area contributed by atoms with Gasteiger partial charge in [-0.1, -0.05) is 19.1 Å². The highest BCUT2D eigenvalue weighted by molar-refractivity contribution is 8.00. The summed E-state index contributed by atoms with van der Waals surface area (Å²) in [6.07, 6.45) is 3.94. The van der Waals surface area contributed by atoms with Gasteiger partial charge in [0.1, 0.15) is 6.07 Å². The normalized spacial score (nSPS) is 19.3. The maximum absolute atomic E-state index is 13.5. The molecule has 0 aliphatic carbocycles. The highest BCUT2D eigenvalue weighted by Gasteiger charge is 2.33. The van der Waals surface area contributed by atoms with Crippen molar-refractivity contribution in [3.05, 3.63) is 48.4 Å². The Morgan fingerprint density at radius 2 is 1.97 bits per heavy atom. The van der Waals surface area contributed by atoms with Crippen LogP contribution < -0.4 is 9.80 Å². The molecule has 2 aliphatic heterocycles. The molecule has 7 nitrogen and oxygen atoms in total. The highest BCUT2D eigenvalue weighted by atomic mass is 32.2. The molecule has 3 aromatic rings. The van der Waals surface area contributed by atoms with Crippen LogP contribution in [-0.4, -0.2) is 35.8 Å². The van der Waals surface area contributed by atoms with Gasteiger partial charge in [0.2, 0.25) is 17.5 Å². The van der Waals surface area contributed by atoms with Crippen molar-refractivity contribution < 1.29 is 13.6 Å². The average Bonchev–Trinajstić information content (AvgIpc) is 3.47. The molecule has 1 unspecified atom stereocenters. The van der Waals surface area contributed by atoms with Gasteiger partial charge >= 0.3 is 0 Å². The van der Waals surface area contributed by atoms with Crippen molar-refractivity contribution >= 4 is 29.2 Å². The molecule has 0 spiro atoms. The first-order valence-corrected chi connectivity index (χ1v) is 11.8. The Balaban J connectivity index is 1.30. The fraction of sp³-hybridized carbons (Fsp3) is 0.375. The Morgan fingerprint density at radius 1 is 1.16 bits per heavy atom. The number of amides is 1. The number of carbonyl (C=O) groups excluding carboxylic acids is 1. The van der Waals surface area contributed by atoms with Crippen molar-refractivity contribution in [2.24, 2.45) is 5.92 Å². The first-order chi connectivity index (χ1) is 15.6. The van der Waals surface area contributed by atoms with Crippen LogP contribution in [0.25, 0.3) is 11.7 Å². The lowest BCUT2D eigenvalue weighted by atomic mass is 9.94. The molecule has 0 bridgehead atoms. The van der Waals surface area contributed by atoms with Gasteiger partial charge in [-0.05, 0) is 43.5 Å². The molecule has 0 radical (unpaired) electrons. The number of nitriles is 1. The minimum absolute atomic E-state index is 0.0456. The molecule has 1 fully saturated rings. The molecule has 32 heavy (non-hydrogen) atoms. The van der Waals surface area contributed by atoms with Crippen molar-refractivity contribution in [3.63, 3.8) is 0 Å². The van der Waals surface area contributed by atoms with Gasteiger partial charge in [0.25, 0.3) is 5.89 Å². The molecule has 4 heterocycles. The second kappa shape index (κ2) is 8.75. The maximum Gasteiger partial charge on any atom is 0.266 e. The molecule has 164 valence electrons. The number of anilines is 2. The number of thioether (sulfide) groups is 1. The number of rotatable bonds is 3. The van der Waals surface area contributed by atoms with Gasteiger partial charge in [-0.2, -0.15) is 10.2 Å². The van der Waals surface area contributed by atoms with Crippen LogP contribution in [0.15, 0.2) is 56.4 Å². The largest absolute Gasteiger partial charge is 0.459 e. The van der Waals surface area contributed by atoms with Gasteiger partial charge in [-0.15, -0.1) is 11.8 Å². The highest BCUT2D eigenvalue weighted by Crippen LogP contribution is 2.39. The summed E-state index contributed by atoms with van der Waals surface area (Å²) < 4.78 is 11.2. The van der Waals surface area contributed by atoms with Crippen LogP contribution in [0.5, 0.6) is 0 Å². The van der Waals surface area contributed by atoms with Crippen LogP contribution in [0.4, 0.5) is 11.6 Å². The number of hydrogen-bond acceptors (Lipinski definition) is 7. The summed E-state index contributed by atoms with van der Waals surface area (Å²) in [7, 11) is 0. The van der Waals surface area contributed by atoms with E-state index in [-0.39, 0.29) is 17.5 Å². The molecule has 1 saturated heterocycles. The summed E-state index contributed by atoms with van der Waals surface area (Å²) in [5, 5.41) is 10.0. The number of para-hydroxylation sites is 1. The smallest absolute Gasteiger partial charge is 0.266 e.